The maximum atomic E-state index is 11.6. The Balaban J connectivity index is 0.00000324. The molecule has 5 nitrogen and oxygen atoms in total. The summed E-state index contributed by atoms with van der Waals surface area (Å²) in [5.41, 5.74) is -0.183. The minimum atomic E-state index is -0.183. The van der Waals surface area contributed by atoms with Crippen molar-refractivity contribution in [1.82, 2.24) is 15.2 Å². The van der Waals surface area contributed by atoms with Gasteiger partial charge in [-0.3, -0.25) is 9.59 Å². The van der Waals surface area contributed by atoms with E-state index in [0.29, 0.717) is 6.54 Å². The van der Waals surface area contributed by atoms with Crippen LogP contribution in [0.3, 0.4) is 0 Å². The summed E-state index contributed by atoms with van der Waals surface area (Å²) < 4.78 is 2.15. The molecule has 19 heavy (non-hydrogen) atoms. The highest BCUT2D eigenvalue weighted by molar-refractivity contribution is 9.10. The first-order valence-corrected chi connectivity index (χ1v) is 6.76. The quantitative estimate of drug-likeness (QED) is 0.724. The van der Waals surface area contributed by atoms with Crippen LogP contribution in [-0.2, 0) is 11.3 Å². The number of rotatable bonds is 7. The van der Waals surface area contributed by atoms with Gasteiger partial charge in [-0.25, -0.2) is 0 Å². The molecule has 0 saturated heterocycles. The SMILES string of the molecule is CCCNCCNC(=O)Cn1cc(Br)ccc1=O.Cl. The summed E-state index contributed by atoms with van der Waals surface area (Å²) >= 11 is 3.27. The van der Waals surface area contributed by atoms with Gasteiger partial charge in [0.2, 0.25) is 5.91 Å². The van der Waals surface area contributed by atoms with Gasteiger partial charge in [-0.15, -0.1) is 12.4 Å². The summed E-state index contributed by atoms with van der Waals surface area (Å²) in [6, 6.07) is 3.09. The summed E-state index contributed by atoms with van der Waals surface area (Å²) in [4.78, 5) is 23.1. The molecule has 0 aliphatic heterocycles. The smallest absolute Gasteiger partial charge is 0.251 e. The van der Waals surface area contributed by atoms with Gasteiger partial charge in [-0.05, 0) is 35.0 Å². The van der Waals surface area contributed by atoms with Gasteiger partial charge in [0.25, 0.3) is 5.56 Å². The second-order valence-corrected chi connectivity index (χ2v) is 4.83. The van der Waals surface area contributed by atoms with Crippen LogP contribution in [0.1, 0.15) is 13.3 Å². The van der Waals surface area contributed by atoms with E-state index in [2.05, 4.69) is 33.5 Å². The molecule has 1 aromatic rings. The predicted octanol–water partition coefficient (Wildman–Crippen LogP) is 1.15. The number of hydrogen-bond donors (Lipinski definition) is 2. The van der Waals surface area contributed by atoms with Crippen LogP contribution in [0.5, 0.6) is 0 Å². The number of nitrogens with zero attached hydrogens (tertiary/aromatic N) is 1. The molecule has 0 aliphatic rings. The molecule has 1 rings (SSSR count). The van der Waals surface area contributed by atoms with Crippen molar-refractivity contribution in [2.75, 3.05) is 19.6 Å². The first-order valence-electron chi connectivity index (χ1n) is 5.97. The van der Waals surface area contributed by atoms with Gasteiger partial charge in [-0.1, -0.05) is 6.92 Å². The van der Waals surface area contributed by atoms with Crippen molar-refractivity contribution in [2.45, 2.75) is 19.9 Å². The van der Waals surface area contributed by atoms with Crippen molar-refractivity contribution in [3.8, 4) is 0 Å². The number of pyridine rings is 1. The Kier molecular flexibility index (Phi) is 9.55. The first-order chi connectivity index (χ1) is 8.63. The highest BCUT2D eigenvalue weighted by atomic mass is 79.9. The topological polar surface area (TPSA) is 63.1 Å². The van der Waals surface area contributed by atoms with Crippen LogP contribution in [0.2, 0.25) is 0 Å². The summed E-state index contributed by atoms with van der Waals surface area (Å²) in [6.07, 6.45) is 2.68. The fourth-order valence-electron chi connectivity index (χ4n) is 1.43. The van der Waals surface area contributed by atoms with Crippen molar-refractivity contribution in [2.24, 2.45) is 0 Å². The van der Waals surface area contributed by atoms with E-state index in [1.807, 2.05) is 0 Å². The zero-order chi connectivity index (χ0) is 13.4. The average Bonchev–Trinajstić information content (AvgIpc) is 2.33. The third-order valence-electron chi connectivity index (χ3n) is 2.31. The number of nitrogens with one attached hydrogen (secondary N) is 2. The lowest BCUT2D eigenvalue weighted by molar-refractivity contribution is -0.121. The van der Waals surface area contributed by atoms with Crippen LogP contribution < -0.4 is 16.2 Å². The number of carbonyl (C=O) groups is 1. The van der Waals surface area contributed by atoms with Gasteiger partial charge in [-0.2, -0.15) is 0 Å². The molecule has 1 amide bonds. The standard InChI is InChI=1S/C12H18BrN3O2.ClH/c1-2-5-14-6-7-15-11(17)9-16-8-10(13)3-4-12(16)18;/h3-4,8,14H,2,5-7,9H2,1H3,(H,15,17);1H. The van der Waals surface area contributed by atoms with E-state index in [1.54, 1.807) is 12.3 Å². The summed E-state index contributed by atoms with van der Waals surface area (Å²) in [7, 11) is 0. The van der Waals surface area contributed by atoms with Crippen molar-refractivity contribution in [3.63, 3.8) is 0 Å². The number of amides is 1. The second-order valence-electron chi connectivity index (χ2n) is 3.91. The molecule has 0 radical (unpaired) electrons. The Morgan fingerprint density at radius 2 is 2.05 bits per heavy atom. The van der Waals surface area contributed by atoms with E-state index < -0.39 is 0 Å². The van der Waals surface area contributed by atoms with Crippen molar-refractivity contribution in [3.05, 3.63) is 33.2 Å². The normalized spacial score (nSPS) is 9.79. The molecule has 0 spiro atoms. The first kappa shape index (κ1) is 18.1. The second kappa shape index (κ2) is 10.00. The Hall–Kier alpha value is -0.850. The molecule has 7 heteroatoms. The Morgan fingerprint density at radius 1 is 1.32 bits per heavy atom. The van der Waals surface area contributed by atoms with Gasteiger partial charge in [0, 0.05) is 29.8 Å². The van der Waals surface area contributed by atoms with Crippen LogP contribution in [0, 0.1) is 0 Å². The lowest BCUT2D eigenvalue weighted by Crippen LogP contribution is -2.36. The summed E-state index contributed by atoms with van der Waals surface area (Å²) in [5, 5.41) is 5.94. The highest BCUT2D eigenvalue weighted by Crippen LogP contribution is 2.04. The average molecular weight is 353 g/mol. The van der Waals surface area contributed by atoms with E-state index in [4.69, 9.17) is 0 Å². The van der Waals surface area contributed by atoms with Gasteiger partial charge in [0.1, 0.15) is 6.54 Å². The van der Waals surface area contributed by atoms with Crippen LogP contribution in [0.25, 0.3) is 0 Å². The molecule has 0 bridgehead atoms. The Morgan fingerprint density at radius 3 is 2.74 bits per heavy atom. The molecule has 0 fully saturated rings. The molecule has 0 aliphatic carbocycles. The van der Waals surface area contributed by atoms with Crippen LogP contribution in [-0.4, -0.2) is 30.1 Å². The number of aromatic nitrogens is 1. The zero-order valence-electron chi connectivity index (χ0n) is 10.8. The minimum absolute atomic E-state index is 0. The molecule has 0 aromatic carbocycles. The molecule has 1 aromatic heterocycles. The van der Waals surface area contributed by atoms with E-state index in [-0.39, 0.29) is 30.4 Å². The molecule has 108 valence electrons. The number of hydrogen-bond acceptors (Lipinski definition) is 3. The minimum Gasteiger partial charge on any atom is -0.353 e. The fourth-order valence-corrected chi connectivity index (χ4v) is 1.81. The van der Waals surface area contributed by atoms with E-state index in [1.165, 1.54) is 10.6 Å². The van der Waals surface area contributed by atoms with Crippen LogP contribution in [0.15, 0.2) is 27.6 Å². The van der Waals surface area contributed by atoms with Crippen molar-refractivity contribution >= 4 is 34.2 Å². The van der Waals surface area contributed by atoms with Crippen LogP contribution >= 0.6 is 28.3 Å². The maximum Gasteiger partial charge on any atom is 0.251 e. The fraction of sp³-hybridized carbons (Fsp3) is 0.500. The molecule has 0 saturated carbocycles. The monoisotopic (exact) mass is 351 g/mol. The molecule has 0 atom stereocenters. The maximum absolute atomic E-state index is 11.6. The highest BCUT2D eigenvalue weighted by Gasteiger charge is 2.03. The molecular formula is C12H19BrClN3O2. The summed E-state index contributed by atoms with van der Waals surface area (Å²) in [6.45, 7) is 4.40. The van der Waals surface area contributed by atoms with Crippen molar-refractivity contribution in [1.29, 1.82) is 0 Å². The Bertz CT molecular complexity index is 451. The van der Waals surface area contributed by atoms with Gasteiger partial charge in [0.05, 0.1) is 0 Å². The van der Waals surface area contributed by atoms with Gasteiger partial charge >= 0.3 is 0 Å². The van der Waals surface area contributed by atoms with Gasteiger partial charge in [0.15, 0.2) is 0 Å². The third kappa shape index (κ3) is 7.34. The van der Waals surface area contributed by atoms with Crippen LogP contribution in [0.4, 0.5) is 0 Å². The van der Waals surface area contributed by atoms with E-state index in [9.17, 15) is 9.59 Å². The third-order valence-corrected chi connectivity index (χ3v) is 2.78. The largest absolute Gasteiger partial charge is 0.353 e. The number of halogens is 2. The number of carbonyl (C=O) groups excluding carboxylic acids is 1. The predicted molar refractivity (Wildman–Crippen MR) is 81.8 cm³/mol. The lowest BCUT2D eigenvalue weighted by atomic mass is 10.4. The molecule has 2 N–H and O–H groups in total. The van der Waals surface area contributed by atoms with E-state index in [0.717, 1.165) is 24.0 Å². The summed E-state index contributed by atoms with van der Waals surface area (Å²) in [5.74, 6) is -0.159. The van der Waals surface area contributed by atoms with Gasteiger partial charge < -0.3 is 15.2 Å². The Labute approximate surface area is 127 Å². The molecule has 1 heterocycles. The van der Waals surface area contributed by atoms with E-state index >= 15 is 0 Å². The zero-order valence-corrected chi connectivity index (χ0v) is 13.2. The molecule has 0 unspecified atom stereocenters. The lowest BCUT2D eigenvalue weighted by Gasteiger charge is -2.08. The van der Waals surface area contributed by atoms with Crippen molar-refractivity contribution < 1.29 is 4.79 Å². The molecular weight excluding hydrogens is 334 g/mol.